The molecule has 0 radical (unpaired) electrons. The third-order valence-electron chi connectivity index (χ3n) is 2.91. The smallest absolute Gasteiger partial charge is 0.254 e. The minimum Gasteiger partial charge on any atom is -0.399 e. The van der Waals surface area contributed by atoms with Gasteiger partial charge in [0.15, 0.2) is 0 Å². The zero-order valence-electron chi connectivity index (χ0n) is 9.56. The van der Waals surface area contributed by atoms with Crippen LogP contribution in [0, 0.1) is 6.92 Å². The van der Waals surface area contributed by atoms with Crippen molar-refractivity contribution in [3.05, 3.63) is 29.3 Å². The van der Waals surface area contributed by atoms with Crippen molar-refractivity contribution in [2.24, 2.45) is 0 Å². The number of hydrogen-bond acceptors (Lipinski definition) is 2. The standard InChI is InChI=1S/C12H16N2O.ClH/c1-8-3-4-9(13)7-11(8)12(15)14(2)10-5-6-10;/h3-4,7,10H,5-6,13H2,1-2H3;1H. The monoisotopic (exact) mass is 240 g/mol. The number of carbonyl (C=O) groups is 1. The van der Waals surface area contributed by atoms with Crippen molar-refractivity contribution in [1.82, 2.24) is 4.90 Å². The van der Waals surface area contributed by atoms with Gasteiger partial charge in [0.05, 0.1) is 0 Å². The van der Waals surface area contributed by atoms with E-state index in [-0.39, 0.29) is 18.3 Å². The van der Waals surface area contributed by atoms with Gasteiger partial charge in [-0.05, 0) is 37.5 Å². The first-order valence-corrected chi connectivity index (χ1v) is 5.23. The Kier molecular flexibility index (Phi) is 3.81. The Morgan fingerprint density at radius 3 is 2.62 bits per heavy atom. The average Bonchev–Trinajstić information content (AvgIpc) is 3.03. The summed E-state index contributed by atoms with van der Waals surface area (Å²) in [5.41, 5.74) is 8.05. The minimum absolute atomic E-state index is 0. The highest BCUT2D eigenvalue weighted by Gasteiger charge is 2.30. The second-order valence-electron chi connectivity index (χ2n) is 4.22. The molecule has 1 aliphatic rings. The molecule has 1 saturated carbocycles. The largest absolute Gasteiger partial charge is 0.399 e. The normalized spacial score (nSPS) is 14.1. The van der Waals surface area contributed by atoms with Crippen LogP contribution >= 0.6 is 12.4 Å². The van der Waals surface area contributed by atoms with Crippen molar-refractivity contribution < 1.29 is 4.79 Å². The molecule has 0 atom stereocenters. The van der Waals surface area contributed by atoms with Gasteiger partial charge in [-0.25, -0.2) is 0 Å². The summed E-state index contributed by atoms with van der Waals surface area (Å²) >= 11 is 0. The Labute approximate surface area is 102 Å². The molecule has 1 aromatic carbocycles. The van der Waals surface area contributed by atoms with Gasteiger partial charge in [-0.2, -0.15) is 0 Å². The van der Waals surface area contributed by atoms with Crippen LogP contribution in [0.1, 0.15) is 28.8 Å². The average molecular weight is 241 g/mol. The van der Waals surface area contributed by atoms with E-state index in [0.717, 1.165) is 24.0 Å². The predicted molar refractivity (Wildman–Crippen MR) is 68.0 cm³/mol. The van der Waals surface area contributed by atoms with E-state index >= 15 is 0 Å². The molecule has 0 aliphatic heterocycles. The van der Waals surface area contributed by atoms with Gasteiger partial charge in [-0.15, -0.1) is 12.4 Å². The van der Waals surface area contributed by atoms with Crippen molar-refractivity contribution >= 4 is 24.0 Å². The van der Waals surface area contributed by atoms with Gasteiger partial charge in [0.25, 0.3) is 5.91 Å². The van der Waals surface area contributed by atoms with Crippen molar-refractivity contribution in [3.8, 4) is 0 Å². The maximum absolute atomic E-state index is 12.1. The lowest BCUT2D eigenvalue weighted by atomic mass is 10.1. The lowest BCUT2D eigenvalue weighted by molar-refractivity contribution is 0.0784. The molecule has 3 nitrogen and oxygen atoms in total. The molecular weight excluding hydrogens is 224 g/mol. The van der Waals surface area contributed by atoms with Gasteiger partial charge < -0.3 is 10.6 Å². The SMILES string of the molecule is Cc1ccc(N)cc1C(=O)N(C)C1CC1.Cl. The fraction of sp³-hybridized carbons (Fsp3) is 0.417. The fourth-order valence-corrected chi connectivity index (χ4v) is 1.69. The van der Waals surface area contributed by atoms with Crippen LogP contribution in [-0.4, -0.2) is 23.9 Å². The maximum atomic E-state index is 12.1. The molecule has 16 heavy (non-hydrogen) atoms. The minimum atomic E-state index is 0. The lowest BCUT2D eigenvalue weighted by Gasteiger charge is -2.17. The predicted octanol–water partition coefficient (Wildman–Crippen LogP) is 2.23. The van der Waals surface area contributed by atoms with Crippen LogP contribution in [0.5, 0.6) is 0 Å². The summed E-state index contributed by atoms with van der Waals surface area (Å²) in [5.74, 6) is 0.0855. The van der Waals surface area contributed by atoms with Crippen molar-refractivity contribution in [2.45, 2.75) is 25.8 Å². The molecule has 0 unspecified atom stereocenters. The second-order valence-corrected chi connectivity index (χ2v) is 4.22. The number of halogens is 1. The molecule has 1 fully saturated rings. The van der Waals surface area contributed by atoms with Crippen molar-refractivity contribution in [2.75, 3.05) is 12.8 Å². The van der Waals surface area contributed by atoms with Crippen LogP contribution in [0.25, 0.3) is 0 Å². The summed E-state index contributed by atoms with van der Waals surface area (Å²) in [5, 5.41) is 0. The van der Waals surface area contributed by atoms with Crippen molar-refractivity contribution in [3.63, 3.8) is 0 Å². The first kappa shape index (κ1) is 12.8. The van der Waals surface area contributed by atoms with Crippen LogP contribution in [0.3, 0.4) is 0 Å². The third kappa shape index (κ3) is 2.47. The summed E-state index contributed by atoms with van der Waals surface area (Å²) in [6, 6.07) is 5.92. The van der Waals surface area contributed by atoms with Gasteiger partial charge in [0.1, 0.15) is 0 Å². The summed E-state index contributed by atoms with van der Waals surface area (Å²) in [7, 11) is 1.86. The number of aryl methyl sites for hydroxylation is 1. The molecule has 1 aromatic rings. The molecule has 0 aromatic heterocycles. The highest BCUT2D eigenvalue weighted by atomic mass is 35.5. The maximum Gasteiger partial charge on any atom is 0.254 e. The van der Waals surface area contributed by atoms with E-state index in [9.17, 15) is 4.79 Å². The third-order valence-corrected chi connectivity index (χ3v) is 2.91. The Bertz CT molecular complexity index is 402. The Morgan fingerprint density at radius 2 is 2.06 bits per heavy atom. The topological polar surface area (TPSA) is 46.3 Å². The zero-order chi connectivity index (χ0) is 11.0. The quantitative estimate of drug-likeness (QED) is 0.806. The van der Waals surface area contributed by atoms with E-state index in [0.29, 0.717) is 11.7 Å². The van der Waals surface area contributed by atoms with Gasteiger partial charge in [-0.1, -0.05) is 6.07 Å². The number of benzene rings is 1. The zero-order valence-corrected chi connectivity index (χ0v) is 10.4. The summed E-state index contributed by atoms with van der Waals surface area (Å²) in [6.45, 7) is 1.94. The Balaban J connectivity index is 0.00000128. The number of anilines is 1. The number of nitrogens with two attached hydrogens (primary N) is 1. The number of nitrogens with zero attached hydrogens (tertiary/aromatic N) is 1. The first-order valence-electron chi connectivity index (χ1n) is 5.23. The van der Waals surface area contributed by atoms with E-state index in [4.69, 9.17) is 5.73 Å². The number of nitrogen functional groups attached to an aromatic ring is 1. The first-order chi connectivity index (χ1) is 7.09. The van der Waals surface area contributed by atoms with E-state index in [2.05, 4.69) is 0 Å². The lowest BCUT2D eigenvalue weighted by Crippen LogP contribution is -2.29. The van der Waals surface area contributed by atoms with Crippen LogP contribution < -0.4 is 5.73 Å². The number of rotatable bonds is 2. The van der Waals surface area contributed by atoms with E-state index < -0.39 is 0 Å². The second kappa shape index (κ2) is 4.74. The van der Waals surface area contributed by atoms with Gasteiger partial charge >= 0.3 is 0 Å². The number of hydrogen-bond donors (Lipinski definition) is 1. The fourth-order valence-electron chi connectivity index (χ4n) is 1.69. The molecule has 0 bridgehead atoms. The van der Waals surface area contributed by atoms with Crippen molar-refractivity contribution in [1.29, 1.82) is 0 Å². The number of carbonyl (C=O) groups excluding carboxylic acids is 1. The molecule has 1 aliphatic carbocycles. The molecule has 0 heterocycles. The molecule has 4 heteroatoms. The van der Waals surface area contributed by atoms with Crippen LogP contribution in [-0.2, 0) is 0 Å². The van der Waals surface area contributed by atoms with E-state index in [1.807, 2.05) is 31.0 Å². The summed E-state index contributed by atoms with van der Waals surface area (Å²) < 4.78 is 0. The summed E-state index contributed by atoms with van der Waals surface area (Å²) in [6.07, 6.45) is 2.26. The molecule has 0 saturated heterocycles. The van der Waals surface area contributed by atoms with Gasteiger partial charge in [-0.3, -0.25) is 4.79 Å². The molecule has 88 valence electrons. The molecule has 2 N–H and O–H groups in total. The number of amides is 1. The molecule has 0 spiro atoms. The molecular formula is C12H17ClN2O. The Hall–Kier alpha value is -1.22. The molecule has 2 rings (SSSR count). The van der Waals surface area contributed by atoms with Crippen LogP contribution in [0.4, 0.5) is 5.69 Å². The Morgan fingerprint density at radius 1 is 1.44 bits per heavy atom. The van der Waals surface area contributed by atoms with Gasteiger partial charge in [0, 0.05) is 24.3 Å². The van der Waals surface area contributed by atoms with E-state index in [1.165, 1.54) is 0 Å². The summed E-state index contributed by atoms with van der Waals surface area (Å²) in [4.78, 5) is 13.9. The van der Waals surface area contributed by atoms with Gasteiger partial charge in [0.2, 0.25) is 0 Å². The van der Waals surface area contributed by atoms with E-state index in [1.54, 1.807) is 6.07 Å². The van der Waals surface area contributed by atoms with Crippen LogP contribution in [0.2, 0.25) is 0 Å². The van der Waals surface area contributed by atoms with Crippen LogP contribution in [0.15, 0.2) is 18.2 Å². The highest BCUT2D eigenvalue weighted by Crippen LogP contribution is 2.27. The molecule has 1 amide bonds. The highest BCUT2D eigenvalue weighted by molar-refractivity contribution is 5.96.